The van der Waals surface area contributed by atoms with Crippen molar-refractivity contribution in [3.8, 4) is 0 Å². The molecule has 1 saturated heterocycles. The van der Waals surface area contributed by atoms with Crippen molar-refractivity contribution < 1.29 is 35.7 Å². The summed E-state index contributed by atoms with van der Waals surface area (Å²) in [6.45, 7) is -0.403. The summed E-state index contributed by atoms with van der Waals surface area (Å²) in [5.41, 5.74) is -0.398. The number of carbonyl (C=O) groups excluding carboxylic acids is 2. The van der Waals surface area contributed by atoms with Gasteiger partial charge in [0.05, 0.1) is 24.2 Å². The molecule has 146 valence electrons. The predicted octanol–water partition coefficient (Wildman–Crippen LogP) is 1.56. The van der Waals surface area contributed by atoms with Gasteiger partial charge in [0.2, 0.25) is 0 Å². The molecule has 0 aromatic heterocycles. The first-order valence-electron chi connectivity index (χ1n) is 7.94. The number of amides is 1. The van der Waals surface area contributed by atoms with Gasteiger partial charge in [-0.2, -0.15) is 8.42 Å². The second-order valence-corrected chi connectivity index (χ2v) is 7.71. The SMILES string of the molecule is CS(=O)(=O)OC[C@H]1CN(c2ccc(N3C=CC(=O)CC3)c(F)c2F)C(=O)O1. The van der Waals surface area contributed by atoms with Gasteiger partial charge in [-0.1, -0.05) is 0 Å². The average molecular weight is 402 g/mol. The molecule has 1 aromatic rings. The topological polar surface area (TPSA) is 93.2 Å². The minimum absolute atomic E-state index is 0.0653. The summed E-state index contributed by atoms with van der Waals surface area (Å²) in [7, 11) is -3.73. The summed E-state index contributed by atoms with van der Waals surface area (Å²) in [4.78, 5) is 25.4. The Labute approximate surface area is 154 Å². The highest BCUT2D eigenvalue weighted by molar-refractivity contribution is 7.85. The molecule has 3 rings (SSSR count). The van der Waals surface area contributed by atoms with Crippen molar-refractivity contribution in [3.05, 3.63) is 36.0 Å². The number of hydrogen-bond donors (Lipinski definition) is 0. The summed E-state index contributed by atoms with van der Waals surface area (Å²) in [5.74, 6) is -2.53. The fourth-order valence-corrected chi connectivity index (χ4v) is 3.13. The number of ether oxygens (including phenoxy) is 1. The number of halogens is 2. The number of nitrogens with zero attached hydrogens (tertiary/aromatic N) is 2. The molecule has 11 heteroatoms. The van der Waals surface area contributed by atoms with Crippen molar-refractivity contribution in [2.45, 2.75) is 12.5 Å². The normalized spacial score (nSPS) is 20.3. The lowest BCUT2D eigenvalue weighted by Crippen LogP contribution is -2.28. The Morgan fingerprint density at radius 1 is 1.22 bits per heavy atom. The molecule has 2 aliphatic heterocycles. The summed E-state index contributed by atoms with van der Waals surface area (Å²) in [5, 5.41) is 0. The molecular weight excluding hydrogens is 386 g/mol. The molecule has 0 aliphatic carbocycles. The molecular formula is C16H16F2N2O6S. The molecule has 0 saturated carbocycles. The summed E-state index contributed by atoms with van der Waals surface area (Å²) >= 11 is 0. The van der Waals surface area contributed by atoms with E-state index in [1.54, 1.807) is 0 Å². The monoisotopic (exact) mass is 402 g/mol. The van der Waals surface area contributed by atoms with Crippen molar-refractivity contribution >= 4 is 33.4 Å². The van der Waals surface area contributed by atoms with Crippen LogP contribution in [0.2, 0.25) is 0 Å². The fourth-order valence-electron chi connectivity index (χ4n) is 2.73. The first kappa shape index (κ1) is 19.2. The highest BCUT2D eigenvalue weighted by Crippen LogP contribution is 2.32. The lowest BCUT2D eigenvalue weighted by Gasteiger charge is -2.24. The molecule has 0 N–H and O–H groups in total. The Bertz CT molecular complexity index is 918. The van der Waals surface area contributed by atoms with Gasteiger partial charge in [-0.25, -0.2) is 13.6 Å². The van der Waals surface area contributed by atoms with E-state index in [9.17, 15) is 26.8 Å². The molecule has 1 aromatic carbocycles. The average Bonchev–Trinajstić information content (AvgIpc) is 2.97. The smallest absolute Gasteiger partial charge is 0.414 e. The zero-order valence-electron chi connectivity index (χ0n) is 14.2. The van der Waals surface area contributed by atoms with Crippen LogP contribution in [-0.4, -0.2) is 52.4 Å². The quantitative estimate of drug-likeness (QED) is 0.690. The minimum Gasteiger partial charge on any atom is -0.441 e. The summed E-state index contributed by atoms with van der Waals surface area (Å²) in [6.07, 6.45) is 1.79. The second kappa shape index (κ2) is 7.24. The largest absolute Gasteiger partial charge is 0.441 e. The van der Waals surface area contributed by atoms with E-state index in [0.717, 1.165) is 11.2 Å². The number of allylic oxidation sites excluding steroid dienone is 1. The van der Waals surface area contributed by atoms with E-state index < -0.39 is 40.6 Å². The highest BCUT2D eigenvalue weighted by atomic mass is 32.2. The zero-order chi connectivity index (χ0) is 19.8. The maximum Gasteiger partial charge on any atom is 0.414 e. The Hall–Kier alpha value is -2.53. The van der Waals surface area contributed by atoms with Gasteiger partial charge in [0.1, 0.15) is 12.7 Å². The zero-order valence-corrected chi connectivity index (χ0v) is 15.0. The van der Waals surface area contributed by atoms with E-state index in [4.69, 9.17) is 4.74 Å². The number of hydrogen-bond acceptors (Lipinski definition) is 7. The summed E-state index contributed by atoms with van der Waals surface area (Å²) in [6, 6.07) is 2.51. The number of ketones is 1. The van der Waals surface area contributed by atoms with E-state index in [0.29, 0.717) is 0 Å². The van der Waals surface area contributed by atoms with Crippen molar-refractivity contribution in [1.82, 2.24) is 0 Å². The van der Waals surface area contributed by atoms with Crippen LogP contribution in [0.1, 0.15) is 6.42 Å². The Morgan fingerprint density at radius 3 is 2.52 bits per heavy atom. The molecule has 8 nitrogen and oxygen atoms in total. The minimum atomic E-state index is -3.73. The third-order valence-electron chi connectivity index (χ3n) is 4.02. The first-order valence-corrected chi connectivity index (χ1v) is 9.75. The van der Waals surface area contributed by atoms with Crippen LogP contribution in [-0.2, 0) is 23.8 Å². The standard InChI is InChI=1S/C16H16F2N2O6S/c1-27(23,24)25-9-11-8-20(16(22)26-11)13-3-2-12(14(17)15(13)18)19-6-4-10(21)5-7-19/h2-4,6,11H,5,7-9H2,1H3/t11-/m1/s1. The molecule has 0 spiro atoms. The highest BCUT2D eigenvalue weighted by Gasteiger charge is 2.36. The third-order valence-corrected chi connectivity index (χ3v) is 4.59. The predicted molar refractivity (Wildman–Crippen MR) is 90.9 cm³/mol. The molecule has 0 unspecified atom stereocenters. The number of rotatable bonds is 5. The van der Waals surface area contributed by atoms with Gasteiger partial charge in [0, 0.05) is 19.2 Å². The van der Waals surface area contributed by atoms with Crippen molar-refractivity contribution in [1.29, 1.82) is 0 Å². The van der Waals surface area contributed by atoms with Gasteiger partial charge in [-0.3, -0.25) is 13.9 Å². The van der Waals surface area contributed by atoms with Crippen molar-refractivity contribution in [3.63, 3.8) is 0 Å². The van der Waals surface area contributed by atoms with Crippen LogP contribution in [0.15, 0.2) is 24.4 Å². The van der Waals surface area contributed by atoms with Gasteiger partial charge in [-0.05, 0) is 18.2 Å². The first-order chi connectivity index (χ1) is 12.7. The molecule has 1 fully saturated rings. The van der Waals surface area contributed by atoms with Crippen LogP contribution < -0.4 is 9.80 Å². The Kier molecular flexibility index (Phi) is 5.16. The van der Waals surface area contributed by atoms with Crippen LogP contribution in [0, 0.1) is 11.6 Å². The van der Waals surface area contributed by atoms with Crippen LogP contribution in [0.5, 0.6) is 0 Å². The number of anilines is 2. The van der Waals surface area contributed by atoms with E-state index >= 15 is 0 Å². The Morgan fingerprint density at radius 2 is 1.89 bits per heavy atom. The van der Waals surface area contributed by atoms with Gasteiger partial charge in [0.15, 0.2) is 17.4 Å². The van der Waals surface area contributed by atoms with E-state index in [2.05, 4.69) is 4.18 Å². The maximum atomic E-state index is 14.6. The molecule has 2 aliphatic rings. The molecule has 0 radical (unpaired) electrons. The van der Waals surface area contributed by atoms with Crippen LogP contribution in [0.25, 0.3) is 0 Å². The third kappa shape index (κ3) is 4.25. The molecule has 2 heterocycles. The van der Waals surface area contributed by atoms with E-state index in [1.165, 1.54) is 29.3 Å². The van der Waals surface area contributed by atoms with Gasteiger partial charge in [-0.15, -0.1) is 0 Å². The molecule has 1 atom stereocenters. The van der Waals surface area contributed by atoms with Gasteiger partial charge >= 0.3 is 6.09 Å². The van der Waals surface area contributed by atoms with Crippen molar-refractivity contribution in [2.75, 3.05) is 35.8 Å². The summed E-state index contributed by atoms with van der Waals surface area (Å²) < 4.78 is 60.6. The lowest BCUT2D eigenvalue weighted by molar-refractivity contribution is -0.114. The number of cyclic esters (lactones) is 1. The second-order valence-electron chi connectivity index (χ2n) is 6.06. The van der Waals surface area contributed by atoms with Crippen LogP contribution >= 0.6 is 0 Å². The Balaban J connectivity index is 1.79. The van der Waals surface area contributed by atoms with Crippen LogP contribution in [0.4, 0.5) is 25.0 Å². The van der Waals surface area contributed by atoms with Gasteiger partial charge < -0.3 is 9.64 Å². The van der Waals surface area contributed by atoms with E-state index in [1.807, 2.05) is 0 Å². The number of benzene rings is 1. The van der Waals surface area contributed by atoms with Crippen LogP contribution in [0.3, 0.4) is 0 Å². The molecule has 0 bridgehead atoms. The number of carbonyl (C=O) groups is 2. The van der Waals surface area contributed by atoms with Gasteiger partial charge in [0.25, 0.3) is 10.1 Å². The molecule has 27 heavy (non-hydrogen) atoms. The van der Waals surface area contributed by atoms with E-state index in [-0.39, 0.29) is 36.7 Å². The lowest BCUT2D eigenvalue weighted by atomic mass is 10.1. The molecule has 1 amide bonds. The maximum absolute atomic E-state index is 14.6. The van der Waals surface area contributed by atoms with Crippen molar-refractivity contribution in [2.24, 2.45) is 0 Å². The fraction of sp³-hybridized carbons (Fsp3) is 0.375.